The van der Waals surface area contributed by atoms with Gasteiger partial charge in [-0.1, -0.05) is 40.2 Å². The molecule has 2 rings (SSSR count). The van der Waals surface area contributed by atoms with Crippen LogP contribution < -0.4 is 0 Å². The van der Waals surface area contributed by atoms with Gasteiger partial charge in [-0.2, -0.15) is 0 Å². The van der Waals surface area contributed by atoms with Crippen molar-refractivity contribution in [2.24, 2.45) is 0 Å². The van der Waals surface area contributed by atoms with E-state index >= 15 is 0 Å². The fourth-order valence-electron chi connectivity index (χ4n) is 2.41. The Labute approximate surface area is 128 Å². The third-order valence-corrected chi connectivity index (χ3v) is 3.93. The topological polar surface area (TPSA) is 38.7 Å². The molecule has 0 heterocycles. The Hall–Kier alpha value is -0.840. The van der Waals surface area contributed by atoms with Gasteiger partial charge in [0.2, 0.25) is 0 Å². The predicted octanol–water partition coefficient (Wildman–Crippen LogP) is 4.18. The average Bonchev–Trinajstić information content (AvgIpc) is 2.48. The number of halogens is 1. The second-order valence-corrected chi connectivity index (χ2v) is 5.45. The van der Waals surface area contributed by atoms with Gasteiger partial charge in [-0.3, -0.25) is 0 Å². The van der Waals surface area contributed by atoms with E-state index in [-0.39, 0.29) is 12.4 Å². The Morgan fingerprint density at radius 1 is 1.35 bits per heavy atom. The summed E-state index contributed by atoms with van der Waals surface area (Å²) in [5.41, 5.74) is 2.43. The summed E-state index contributed by atoms with van der Waals surface area (Å²) >= 11 is 3.42. The van der Waals surface area contributed by atoms with Crippen LogP contribution in [0, 0.1) is 0 Å². The highest BCUT2D eigenvalue weighted by atomic mass is 79.9. The van der Waals surface area contributed by atoms with E-state index in [0.717, 1.165) is 12.8 Å². The molecule has 2 atom stereocenters. The molecule has 110 valence electrons. The minimum atomic E-state index is -0.229. The Balaban J connectivity index is 2.09. The van der Waals surface area contributed by atoms with Crippen LogP contribution in [-0.4, -0.2) is 29.4 Å². The fourth-order valence-corrected chi connectivity index (χ4v) is 2.75. The molecule has 0 saturated heterocycles. The maximum Gasteiger partial charge on any atom is 0.167 e. The van der Waals surface area contributed by atoms with Gasteiger partial charge in [0, 0.05) is 13.0 Å². The van der Waals surface area contributed by atoms with Crippen LogP contribution in [-0.2, 0) is 9.47 Å². The van der Waals surface area contributed by atoms with E-state index in [1.807, 2.05) is 13.0 Å². The smallest absolute Gasteiger partial charge is 0.167 e. The summed E-state index contributed by atoms with van der Waals surface area (Å²) < 4.78 is 11.6. The fraction of sp³-hybridized carbons (Fsp3) is 0.500. The van der Waals surface area contributed by atoms with Crippen molar-refractivity contribution in [1.29, 1.82) is 0 Å². The maximum atomic E-state index is 9.47. The van der Waals surface area contributed by atoms with Crippen molar-refractivity contribution in [2.75, 3.05) is 11.9 Å². The number of hydrogen-bond acceptors (Lipinski definition) is 3. The molecular formula is C16H21BrO3. The first-order valence-corrected chi connectivity index (χ1v) is 8.15. The normalized spacial score (nSPS) is 23.9. The molecule has 0 radical (unpaired) electrons. The average molecular weight is 341 g/mol. The zero-order chi connectivity index (χ0) is 14.4. The van der Waals surface area contributed by atoms with Crippen molar-refractivity contribution in [3.63, 3.8) is 0 Å². The van der Waals surface area contributed by atoms with Gasteiger partial charge in [-0.25, -0.2) is 0 Å². The molecule has 20 heavy (non-hydrogen) atoms. The van der Waals surface area contributed by atoms with Crippen LogP contribution in [0.4, 0.5) is 0 Å². The first-order chi connectivity index (χ1) is 9.74. The lowest BCUT2D eigenvalue weighted by atomic mass is 9.89. The van der Waals surface area contributed by atoms with Crippen LogP contribution in [0.1, 0.15) is 26.2 Å². The minimum absolute atomic E-state index is 0.0222. The van der Waals surface area contributed by atoms with E-state index in [1.54, 1.807) is 6.08 Å². The highest BCUT2D eigenvalue weighted by Crippen LogP contribution is 2.30. The molecule has 2 unspecified atom stereocenters. The van der Waals surface area contributed by atoms with Gasteiger partial charge in [-0.15, -0.1) is 0 Å². The van der Waals surface area contributed by atoms with E-state index < -0.39 is 0 Å². The van der Waals surface area contributed by atoms with Crippen molar-refractivity contribution in [3.05, 3.63) is 47.3 Å². The van der Waals surface area contributed by atoms with E-state index in [0.29, 0.717) is 24.1 Å². The zero-order valence-corrected chi connectivity index (χ0v) is 13.3. The highest BCUT2D eigenvalue weighted by molar-refractivity contribution is 9.09. The first kappa shape index (κ1) is 15.5. The highest BCUT2D eigenvalue weighted by Gasteiger charge is 2.23. The largest absolute Gasteiger partial charge is 0.512 e. The summed E-state index contributed by atoms with van der Waals surface area (Å²) in [5.74, 6) is 0.450. The molecule has 2 aliphatic rings. The number of aliphatic hydroxyl groups excluding tert-OH is 1. The molecule has 2 aliphatic carbocycles. The van der Waals surface area contributed by atoms with Gasteiger partial charge < -0.3 is 14.6 Å². The molecule has 0 aromatic heterocycles. The van der Waals surface area contributed by atoms with Crippen molar-refractivity contribution >= 4 is 15.9 Å². The lowest BCUT2D eigenvalue weighted by molar-refractivity contribution is -0.143. The molecule has 3 nitrogen and oxygen atoms in total. The summed E-state index contributed by atoms with van der Waals surface area (Å²) in [7, 11) is 0. The van der Waals surface area contributed by atoms with Gasteiger partial charge >= 0.3 is 0 Å². The van der Waals surface area contributed by atoms with E-state index in [9.17, 15) is 5.11 Å². The number of alkyl halides is 1. The summed E-state index contributed by atoms with van der Waals surface area (Å²) in [6.45, 7) is 2.60. The van der Waals surface area contributed by atoms with Gasteiger partial charge in [0.15, 0.2) is 6.29 Å². The summed E-state index contributed by atoms with van der Waals surface area (Å²) in [6, 6.07) is 0. The molecule has 4 heteroatoms. The van der Waals surface area contributed by atoms with E-state index in [1.165, 1.54) is 11.1 Å². The second-order valence-electron chi connectivity index (χ2n) is 4.80. The molecule has 0 fully saturated rings. The molecule has 0 bridgehead atoms. The van der Waals surface area contributed by atoms with Crippen molar-refractivity contribution in [3.8, 4) is 0 Å². The van der Waals surface area contributed by atoms with Crippen LogP contribution >= 0.6 is 15.9 Å². The Morgan fingerprint density at radius 3 is 2.85 bits per heavy atom. The number of allylic oxidation sites excluding steroid dienone is 5. The van der Waals surface area contributed by atoms with Crippen molar-refractivity contribution in [1.82, 2.24) is 0 Å². The Morgan fingerprint density at radius 2 is 2.20 bits per heavy atom. The molecule has 0 aliphatic heterocycles. The number of aliphatic hydroxyl groups is 1. The van der Waals surface area contributed by atoms with Gasteiger partial charge in [-0.05, 0) is 37.0 Å². The van der Waals surface area contributed by atoms with Crippen LogP contribution in [0.15, 0.2) is 47.3 Å². The second kappa shape index (κ2) is 7.81. The standard InChI is InChI=1S/C16H21BrO3/c1-2-19-16(11-17)20-15-6-4-3-5-14(15)12-7-9-13(18)10-8-12/h3-5,7,9,15-16,18H,2,6,8,10-11H2,1H3. The lowest BCUT2D eigenvalue weighted by Gasteiger charge is -2.28. The molecular weight excluding hydrogens is 320 g/mol. The molecule has 0 aromatic rings. The Kier molecular flexibility index (Phi) is 6.07. The van der Waals surface area contributed by atoms with E-state index in [2.05, 4.69) is 34.2 Å². The van der Waals surface area contributed by atoms with Gasteiger partial charge in [0.05, 0.1) is 17.2 Å². The van der Waals surface area contributed by atoms with Crippen LogP contribution in [0.3, 0.4) is 0 Å². The SMILES string of the molecule is CCOC(CBr)OC1CC=CC=C1C1=CC=C(O)CC1. The summed E-state index contributed by atoms with van der Waals surface area (Å²) in [6.07, 6.45) is 12.3. The summed E-state index contributed by atoms with van der Waals surface area (Å²) in [4.78, 5) is 0. The minimum Gasteiger partial charge on any atom is -0.512 e. The monoisotopic (exact) mass is 340 g/mol. The summed E-state index contributed by atoms with van der Waals surface area (Å²) in [5, 5.41) is 10.1. The van der Waals surface area contributed by atoms with E-state index in [4.69, 9.17) is 9.47 Å². The molecule has 0 spiro atoms. The van der Waals surface area contributed by atoms with Gasteiger partial charge in [0.25, 0.3) is 0 Å². The first-order valence-electron chi connectivity index (χ1n) is 7.03. The molecule has 0 saturated carbocycles. The number of rotatable bonds is 6. The van der Waals surface area contributed by atoms with Crippen LogP contribution in [0.2, 0.25) is 0 Å². The number of hydrogen-bond donors (Lipinski definition) is 1. The maximum absolute atomic E-state index is 9.47. The van der Waals surface area contributed by atoms with Gasteiger partial charge in [0.1, 0.15) is 0 Å². The van der Waals surface area contributed by atoms with Crippen LogP contribution in [0.5, 0.6) is 0 Å². The zero-order valence-electron chi connectivity index (χ0n) is 11.7. The van der Waals surface area contributed by atoms with Crippen LogP contribution in [0.25, 0.3) is 0 Å². The lowest BCUT2D eigenvalue weighted by Crippen LogP contribution is -2.28. The van der Waals surface area contributed by atoms with Crippen molar-refractivity contribution in [2.45, 2.75) is 38.6 Å². The molecule has 0 amide bonds. The van der Waals surface area contributed by atoms with Crippen molar-refractivity contribution < 1.29 is 14.6 Å². The molecule has 1 N–H and O–H groups in total. The third kappa shape index (κ3) is 4.08. The third-order valence-electron chi connectivity index (χ3n) is 3.40. The molecule has 0 aromatic carbocycles. The quantitative estimate of drug-likeness (QED) is 0.582. The predicted molar refractivity (Wildman–Crippen MR) is 83.9 cm³/mol. The Bertz CT molecular complexity index is 449. The number of ether oxygens (including phenoxy) is 2.